The highest BCUT2D eigenvalue weighted by Crippen LogP contribution is 2.47. The van der Waals surface area contributed by atoms with Crippen LogP contribution in [0.1, 0.15) is 16.7 Å². The van der Waals surface area contributed by atoms with E-state index in [0.717, 1.165) is 0 Å². The molecule has 0 nitrogen and oxygen atoms in total. The van der Waals surface area contributed by atoms with Crippen LogP contribution >= 0.6 is 0 Å². The summed E-state index contributed by atoms with van der Waals surface area (Å²) in [5.41, 5.74) is 3.75. The monoisotopic (exact) mass is 308 g/mol. The third kappa shape index (κ3) is 2.32. The molecule has 0 atom stereocenters. The van der Waals surface area contributed by atoms with Gasteiger partial charge in [0.1, 0.15) is 0 Å². The normalized spacial score (nSPS) is 14.2. The molecule has 0 saturated heterocycles. The molecule has 1 aliphatic carbocycles. The second kappa shape index (κ2) is 6.33. The molecule has 4 rings (SSSR count). The minimum atomic E-state index is -0.215. The lowest BCUT2D eigenvalue weighted by Gasteiger charge is -2.40. The molecule has 3 aromatic rings. The molecule has 3 aromatic carbocycles. The Morgan fingerprint density at radius 1 is 0.458 bits per heavy atom. The van der Waals surface area contributed by atoms with Crippen molar-refractivity contribution in [2.75, 3.05) is 0 Å². The predicted molar refractivity (Wildman–Crippen MR) is 101 cm³/mol. The van der Waals surface area contributed by atoms with Gasteiger partial charge in [0, 0.05) is 5.92 Å². The Kier molecular flexibility index (Phi) is 3.88. The lowest BCUT2D eigenvalue weighted by Crippen LogP contribution is -2.35. The fourth-order valence-electron chi connectivity index (χ4n) is 3.90. The first-order chi connectivity index (χ1) is 11.9. The van der Waals surface area contributed by atoms with Crippen LogP contribution in [0.3, 0.4) is 0 Å². The molecule has 0 radical (unpaired) electrons. The van der Waals surface area contributed by atoms with Gasteiger partial charge in [0.05, 0.1) is 5.41 Å². The van der Waals surface area contributed by atoms with Gasteiger partial charge in [-0.3, -0.25) is 0 Å². The second-order valence-electron chi connectivity index (χ2n) is 6.20. The van der Waals surface area contributed by atoms with Crippen LogP contribution < -0.4 is 0 Å². The number of allylic oxidation sites excluding steroid dienone is 4. The number of rotatable bonds is 4. The van der Waals surface area contributed by atoms with Crippen LogP contribution in [0.25, 0.3) is 0 Å². The predicted octanol–water partition coefficient (Wildman–Crippen LogP) is 5.76. The topological polar surface area (TPSA) is 0 Å². The van der Waals surface area contributed by atoms with Crippen molar-refractivity contribution >= 4 is 0 Å². The average Bonchev–Trinajstić information content (AvgIpc) is 3.20. The standard InChI is InChI=1S/C24H20/c1-4-12-20(13-5-1)24(23-18-10-11-19-23,21-14-6-2-7-15-21)22-16-8-3-9-17-22/h1-19,23H. The quantitative estimate of drug-likeness (QED) is 0.537. The smallest absolute Gasteiger partial charge is 0.0548 e. The first-order valence-corrected chi connectivity index (χ1v) is 8.44. The van der Waals surface area contributed by atoms with Gasteiger partial charge in [0.2, 0.25) is 0 Å². The van der Waals surface area contributed by atoms with Crippen LogP contribution in [0, 0.1) is 5.92 Å². The number of benzene rings is 3. The van der Waals surface area contributed by atoms with Crippen molar-refractivity contribution in [2.24, 2.45) is 5.92 Å². The lowest BCUT2D eigenvalue weighted by molar-refractivity contribution is 0.528. The van der Waals surface area contributed by atoms with Gasteiger partial charge in [-0.25, -0.2) is 0 Å². The zero-order chi connectivity index (χ0) is 16.2. The van der Waals surface area contributed by atoms with Crippen molar-refractivity contribution in [1.82, 2.24) is 0 Å². The second-order valence-corrected chi connectivity index (χ2v) is 6.20. The molecule has 0 saturated carbocycles. The van der Waals surface area contributed by atoms with E-state index in [4.69, 9.17) is 0 Å². The van der Waals surface area contributed by atoms with E-state index in [9.17, 15) is 0 Å². The molecule has 24 heavy (non-hydrogen) atoms. The molecular weight excluding hydrogens is 288 g/mol. The Labute approximate surface area is 143 Å². The summed E-state index contributed by atoms with van der Waals surface area (Å²) < 4.78 is 0. The molecule has 0 aliphatic heterocycles. The summed E-state index contributed by atoms with van der Waals surface area (Å²) in [6, 6.07) is 32.6. The van der Waals surface area contributed by atoms with Crippen molar-refractivity contribution in [2.45, 2.75) is 5.41 Å². The van der Waals surface area contributed by atoms with E-state index < -0.39 is 0 Å². The van der Waals surface area contributed by atoms with Gasteiger partial charge in [0.25, 0.3) is 0 Å². The van der Waals surface area contributed by atoms with E-state index in [1.807, 2.05) is 0 Å². The van der Waals surface area contributed by atoms with E-state index in [1.54, 1.807) is 0 Å². The molecule has 0 heterocycles. The Morgan fingerprint density at radius 2 is 0.792 bits per heavy atom. The summed E-state index contributed by atoms with van der Waals surface area (Å²) in [6.07, 6.45) is 8.95. The molecule has 0 unspecified atom stereocenters. The Hall–Kier alpha value is -2.86. The highest BCUT2D eigenvalue weighted by atomic mass is 14.4. The van der Waals surface area contributed by atoms with Crippen LogP contribution in [0.4, 0.5) is 0 Å². The number of hydrogen-bond donors (Lipinski definition) is 0. The molecule has 0 amide bonds. The van der Waals surface area contributed by atoms with E-state index in [1.165, 1.54) is 16.7 Å². The summed E-state index contributed by atoms with van der Waals surface area (Å²) in [5.74, 6) is 0.296. The third-order valence-corrected chi connectivity index (χ3v) is 4.94. The third-order valence-electron chi connectivity index (χ3n) is 4.94. The van der Waals surface area contributed by atoms with Gasteiger partial charge >= 0.3 is 0 Å². The average molecular weight is 308 g/mol. The van der Waals surface area contributed by atoms with Crippen molar-refractivity contribution in [3.63, 3.8) is 0 Å². The number of hydrogen-bond acceptors (Lipinski definition) is 0. The summed E-state index contributed by atoms with van der Waals surface area (Å²) >= 11 is 0. The zero-order valence-corrected chi connectivity index (χ0v) is 13.5. The summed E-state index contributed by atoms with van der Waals surface area (Å²) in [7, 11) is 0. The Balaban J connectivity index is 2.07. The fourth-order valence-corrected chi connectivity index (χ4v) is 3.90. The van der Waals surface area contributed by atoms with E-state index in [0.29, 0.717) is 5.92 Å². The summed E-state index contributed by atoms with van der Waals surface area (Å²) in [4.78, 5) is 0. The highest BCUT2D eigenvalue weighted by Gasteiger charge is 2.41. The zero-order valence-electron chi connectivity index (χ0n) is 13.5. The maximum absolute atomic E-state index is 2.31. The SMILES string of the molecule is C1=CC(C(c2ccccc2)(c2ccccc2)c2ccccc2)C=C1. The summed E-state index contributed by atoms with van der Waals surface area (Å²) in [6.45, 7) is 0. The Bertz CT molecular complexity index is 734. The van der Waals surface area contributed by atoms with Crippen molar-refractivity contribution in [1.29, 1.82) is 0 Å². The van der Waals surface area contributed by atoms with Crippen LogP contribution in [-0.4, -0.2) is 0 Å². The molecule has 0 N–H and O–H groups in total. The van der Waals surface area contributed by atoms with Crippen LogP contribution in [-0.2, 0) is 5.41 Å². The van der Waals surface area contributed by atoms with Gasteiger partial charge in [-0.05, 0) is 16.7 Å². The lowest BCUT2D eigenvalue weighted by atomic mass is 9.62. The van der Waals surface area contributed by atoms with Crippen LogP contribution in [0.15, 0.2) is 115 Å². The maximum Gasteiger partial charge on any atom is 0.0548 e. The van der Waals surface area contributed by atoms with Gasteiger partial charge in [-0.15, -0.1) is 0 Å². The van der Waals surface area contributed by atoms with Gasteiger partial charge in [0.15, 0.2) is 0 Å². The minimum Gasteiger partial charge on any atom is -0.0761 e. The molecule has 0 fully saturated rings. The van der Waals surface area contributed by atoms with Crippen LogP contribution in [0.5, 0.6) is 0 Å². The minimum absolute atomic E-state index is 0.215. The first-order valence-electron chi connectivity index (χ1n) is 8.44. The van der Waals surface area contributed by atoms with Gasteiger partial charge in [-0.1, -0.05) is 115 Å². The maximum atomic E-state index is 2.31. The molecule has 0 bridgehead atoms. The van der Waals surface area contributed by atoms with Crippen molar-refractivity contribution in [3.05, 3.63) is 132 Å². The fraction of sp³-hybridized carbons (Fsp3) is 0.0833. The summed E-state index contributed by atoms with van der Waals surface area (Å²) in [5, 5.41) is 0. The van der Waals surface area contributed by atoms with Crippen molar-refractivity contribution in [3.8, 4) is 0 Å². The van der Waals surface area contributed by atoms with Crippen LogP contribution in [0.2, 0.25) is 0 Å². The van der Waals surface area contributed by atoms with Crippen molar-refractivity contribution < 1.29 is 0 Å². The van der Waals surface area contributed by atoms with Gasteiger partial charge < -0.3 is 0 Å². The largest absolute Gasteiger partial charge is 0.0761 e. The Morgan fingerprint density at radius 3 is 1.12 bits per heavy atom. The molecule has 0 spiro atoms. The molecule has 0 aromatic heterocycles. The van der Waals surface area contributed by atoms with E-state index in [-0.39, 0.29) is 5.41 Å². The molecule has 1 aliphatic rings. The van der Waals surface area contributed by atoms with Gasteiger partial charge in [-0.2, -0.15) is 0 Å². The molecule has 116 valence electrons. The van der Waals surface area contributed by atoms with E-state index >= 15 is 0 Å². The molecule has 0 heteroatoms. The van der Waals surface area contributed by atoms with E-state index in [2.05, 4.69) is 115 Å². The molecular formula is C24H20. The first kappa shape index (κ1) is 14.7. The highest BCUT2D eigenvalue weighted by molar-refractivity contribution is 5.54.